The van der Waals surface area contributed by atoms with E-state index < -0.39 is 15.1 Å². The van der Waals surface area contributed by atoms with Crippen molar-refractivity contribution in [2.24, 2.45) is 5.92 Å². The Kier molecular flexibility index (Phi) is 4.40. The molecule has 0 radical (unpaired) electrons. The van der Waals surface area contributed by atoms with Gasteiger partial charge >= 0.3 is 0 Å². The Hall–Kier alpha value is -0.750. The highest BCUT2D eigenvalue weighted by Crippen LogP contribution is 2.31. The van der Waals surface area contributed by atoms with Crippen LogP contribution < -0.4 is 0 Å². The molecular weight excluding hydrogens is 330 g/mol. The van der Waals surface area contributed by atoms with Crippen molar-refractivity contribution in [3.8, 4) is 0 Å². The standard InChI is InChI=1S/C13H16BrNO3S/c1-19(17,18)10-5-2-4-9(8-10)13(16)12-11(14)6-3-7-15-12/h3,6-7,9-10H,2,4-5,8H2,1H3. The lowest BCUT2D eigenvalue weighted by molar-refractivity contribution is 0.0885. The summed E-state index contributed by atoms with van der Waals surface area (Å²) in [4.78, 5) is 16.5. The van der Waals surface area contributed by atoms with Gasteiger partial charge in [0.15, 0.2) is 5.78 Å². The molecule has 1 fully saturated rings. The first-order valence-corrected chi connectivity index (χ1v) is 8.98. The Morgan fingerprint density at radius 3 is 2.79 bits per heavy atom. The maximum absolute atomic E-state index is 12.4. The highest BCUT2D eigenvalue weighted by molar-refractivity contribution is 9.10. The average Bonchev–Trinajstić information content (AvgIpc) is 2.38. The lowest BCUT2D eigenvalue weighted by Crippen LogP contribution is -2.31. The molecule has 1 aliphatic carbocycles. The zero-order valence-corrected chi connectivity index (χ0v) is 13.1. The Morgan fingerprint density at radius 1 is 1.42 bits per heavy atom. The second-order valence-corrected chi connectivity index (χ2v) is 8.19. The van der Waals surface area contributed by atoms with Crippen LogP contribution >= 0.6 is 15.9 Å². The summed E-state index contributed by atoms with van der Waals surface area (Å²) in [5.41, 5.74) is 0.404. The minimum absolute atomic E-state index is 0.0548. The molecular formula is C13H16BrNO3S. The molecule has 0 aromatic carbocycles. The molecule has 1 aliphatic rings. The van der Waals surface area contributed by atoms with E-state index in [-0.39, 0.29) is 11.7 Å². The van der Waals surface area contributed by atoms with Crippen LogP contribution in [-0.2, 0) is 9.84 Å². The lowest BCUT2D eigenvalue weighted by atomic mass is 9.85. The van der Waals surface area contributed by atoms with Crippen molar-refractivity contribution in [3.63, 3.8) is 0 Å². The number of carbonyl (C=O) groups is 1. The number of ketones is 1. The molecule has 0 saturated heterocycles. The van der Waals surface area contributed by atoms with Crippen LogP contribution in [0.25, 0.3) is 0 Å². The van der Waals surface area contributed by atoms with Crippen molar-refractivity contribution in [1.82, 2.24) is 4.98 Å². The van der Waals surface area contributed by atoms with Gasteiger partial charge in [0.2, 0.25) is 0 Å². The summed E-state index contributed by atoms with van der Waals surface area (Å²) >= 11 is 3.32. The fourth-order valence-corrected chi connectivity index (χ4v) is 4.16. The number of hydrogen-bond donors (Lipinski definition) is 0. The van der Waals surface area contributed by atoms with Gasteiger partial charge in [0.25, 0.3) is 0 Å². The zero-order valence-electron chi connectivity index (χ0n) is 10.7. The van der Waals surface area contributed by atoms with Gasteiger partial charge in [-0.2, -0.15) is 0 Å². The third-order valence-electron chi connectivity index (χ3n) is 3.59. The summed E-state index contributed by atoms with van der Waals surface area (Å²) in [7, 11) is -3.07. The minimum Gasteiger partial charge on any atom is -0.292 e. The van der Waals surface area contributed by atoms with Crippen LogP contribution in [0.3, 0.4) is 0 Å². The molecule has 1 aromatic heterocycles. The van der Waals surface area contributed by atoms with E-state index >= 15 is 0 Å². The van der Waals surface area contributed by atoms with E-state index in [1.807, 2.05) is 0 Å². The summed E-state index contributed by atoms with van der Waals surface area (Å²) in [6, 6.07) is 3.53. The second kappa shape index (κ2) is 5.71. The molecule has 2 rings (SSSR count). The third-order valence-corrected chi connectivity index (χ3v) is 5.87. The molecule has 1 aromatic rings. The number of sulfone groups is 1. The van der Waals surface area contributed by atoms with E-state index in [0.29, 0.717) is 23.0 Å². The summed E-state index contributed by atoms with van der Waals surface area (Å²) in [5, 5.41) is -0.391. The Bertz CT molecular complexity index is 585. The first-order valence-electron chi connectivity index (χ1n) is 6.23. The summed E-state index contributed by atoms with van der Waals surface area (Å²) in [6.07, 6.45) is 5.43. The maximum Gasteiger partial charge on any atom is 0.185 e. The van der Waals surface area contributed by atoms with Crippen LogP contribution in [0.1, 0.15) is 36.2 Å². The van der Waals surface area contributed by atoms with Crippen molar-refractivity contribution < 1.29 is 13.2 Å². The van der Waals surface area contributed by atoms with Crippen molar-refractivity contribution in [2.45, 2.75) is 30.9 Å². The molecule has 0 N–H and O–H groups in total. The Balaban J connectivity index is 2.19. The van der Waals surface area contributed by atoms with Crippen molar-refractivity contribution in [1.29, 1.82) is 0 Å². The van der Waals surface area contributed by atoms with E-state index in [1.165, 1.54) is 6.26 Å². The quantitative estimate of drug-likeness (QED) is 0.790. The van der Waals surface area contributed by atoms with Crippen LogP contribution in [0.2, 0.25) is 0 Å². The van der Waals surface area contributed by atoms with Crippen LogP contribution in [0.4, 0.5) is 0 Å². The summed E-state index contributed by atoms with van der Waals surface area (Å²) < 4.78 is 23.9. The van der Waals surface area contributed by atoms with Crippen LogP contribution in [0.15, 0.2) is 22.8 Å². The first-order chi connectivity index (χ1) is 8.89. The van der Waals surface area contributed by atoms with Gasteiger partial charge in [-0.3, -0.25) is 9.78 Å². The van der Waals surface area contributed by atoms with Gasteiger partial charge in [-0.05, 0) is 47.3 Å². The number of nitrogens with zero attached hydrogens (tertiary/aromatic N) is 1. The van der Waals surface area contributed by atoms with Crippen LogP contribution in [-0.4, -0.2) is 30.7 Å². The smallest absolute Gasteiger partial charge is 0.185 e. The molecule has 2 unspecified atom stereocenters. The highest BCUT2D eigenvalue weighted by Gasteiger charge is 2.33. The molecule has 1 saturated carbocycles. The van der Waals surface area contributed by atoms with Gasteiger partial charge in [0.05, 0.1) is 5.25 Å². The van der Waals surface area contributed by atoms with Crippen LogP contribution in [0, 0.1) is 5.92 Å². The van der Waals surface area contributed by atoms with Gasteiger partial charge in [-0.25, -0.2) is 8.42 Å². The molecule has 19 heavy (non-hydrogen) atoms. The fourth-order valence-electron chi connectivity index (χ4n) is 2.53. The first kappa shape index (κ1) is 14.7. The number of hydrogen-bond acceptors (Lipinski definition) is 4. The number of pyridine rings is 1. The maximum atomic E-state index is 12.4. The fraction of sp³-hybridized carbons (Fsp3) is 0.538. The van der Waals surface area contributed by atoms with Crippen LogP contribution in [0.5, 0.6) is 0 Å². The topological polar surface area (TPSA) is 64.1 Å². The monoisotopic (exact) mass is 345 g/mol. The van der Waals surface area contributed by atoms with Crippen molar-refractivity contribution >= 4 is 31.6 Å². The molecule has 0 spiro atoms. The van der Waals surface area contributed by atoms with Crippen molar-refractivity contribution in [3.05, 3.63) is 28.5 Å². The third kappa shape index (κ3) is 3.42. The molecule has 6 heteroatoms. The number of Topliss-reactive ketones (excluding diaryl/α,β-unsaturated/α-hetero) is 1. The Morgan fingerprint density at radius 2 is 2.16 bits per heavy atom. The predicted molar refractivity (Wildman–Crippen MR) is 76.9 cm³/mol. The molecule has 4 nitrogen and oxygen atoms in total. The second-order valence-electron chi connectivity index (χ2n) is 5.01. The van der Waals surface area contributed by atoms with E-state index in [4.69, 9.17) is 0 Å². The SMILES string of the molecule is CS(=O)(=O)C1CCCC(C(=O)c2ncccc2Br)C1. The number of aromatic nitrogens is 1. The van der Waals surface area contributed by atoms with E-state index in [1.54, 1.807) is 18.3 Å². The molecule has 0 aliphatic heterocycles. The average molecular weight is 346 g/mol. The van der Waals surface area contributed by atoms with Gasteiger partial charge in [-0.15, -0.1) is 0 Å². The lowest BCUT2D eigenvalue weighted by Gasteiger charge is -2.26. The number of rotatable bonds is 3. The van der Waals surface area contributed by atoms with Gasteiger partial charge in [0.1, 0.15) is 15.5 Å². The molecule has 0 bridgehead atoms. The predicted octanol–water partition coefficient (Wildman–Crippen LogP) is 2.63. The van der Waals surface area contributed by atoms with E-state index in [0.717, 1.165) is 12.8 Å². The minimum atomic E-state index is -3.07. The molecule has 0 amide bonds. The summed E-state index contributed by atoms with van der Waals surface area (Å²) in [5.74, 6) is -0.291. The zero-order chi connectivity index (χ0) is 14.0. The normalized spacial score (nSPS) is 24.1. The Labute approximate surface area is 121 Å². The number of halogens is 1. The highest BCUT2D eigenvalue weighted by atomic mass is 79.9. The van der Waals surface area contributed by atoms with Gasteiger partial charge in [0, 0.05) is 22.8 Å². The molecule has 2 atom stereocenters. The van der Waals surface area contributed by atoms with E-state index in [2.05, 4.69) is 20.9 Å². The summed E-state index contributed by atoms with van der Waals surface area (Å²) in [6.45, 7) is 0. The van der Waals surface area contributed by atoms with Crippen molar-refractivity contribution in [2.75, 3.05) is 6.26 Å². The molecule has 104 valence electrons. The largest absolute Gasteiger partial charge is 0.292 e. The van der Waals surface area contributed by atoms with E-state index in [9.17, 15) is 13.2 Å². The van der Waals surface area contributed by atoms with Gasteiger partial charge < -0.3 is 0 Å². The molecule has 1 heterocycles. The number of carbonyl (C=O) groups excluding carboxylic acids is 1. The van der Waals surface area contributed by atoms with Gasteiger partial charge in [-0.1, -0.05) is 6.42 Å².